The minimum absolute atomic E-state index is 0. The monoisotopic (exact) mass is 1020 g/mol. The van der Waals surface area contributed by atoms with Gasteiger partial charge in [0, 0.05) is 39.9 Å². The van der Waals surface area contributed by atoms with E-state index in [4.69, 9.17) is 11.3 Å². The summed E-state index contributed by atoms with van der Waals surface area (Å²) in [4.78, 5) is 10.5. The van der Waals surface area contributed by atoms with Crippen LogP contribution in [0.15, 0.2) is 134 Å². The van der Waals surface area contributed by atoms with Gasteiger partial charge in [0.25, 0.3) is 0 Å². The van der Waals surface area contributed by atoms with Crippen LogP contribution in [-0.4, -0.2) is 19.6 Å². The van der Waals surface area contributed by atoms with E-state index in [1.165, 1.54) is 11.1 Å². The molecule has 64 heavy (non-hydrogen) atoms. The Morgan fingerprint density at radius 2 is 1.27 bits per heavy atom. The van der Waals surface area contributed by atoms with Crippen molar-refractivity contribution in [2.45, 2.75) is 112 Å². The first kappa shape index (κ1) is 45.0. The molecule has 0 atom stereocenters. The molecule has 0 saturated heterocycles. The quantitative estimate of drug-likeness (QED) is 0.147. The van der Waals surface area contributed by atoms with Crippen molar-refractivity contribution in [2.24, 2.45) is 0 Å². The van der Waals surface area contributed by atoms with Crippen LogP contribution in [0.3, 0.4) is 0 Å². The van der Waals surface area contributed by atoms with Gasteiger partial charge in [-0.3, -0.25) is 9.55 Å². The van der Waals surface area contributed by atoms with Crippen LogP contribution in [0.25, 0.3) is 72.7 Å². The van der Waals surface area contributed by atoms with E-state index in [1.807, 2.05) is 26.1 Å². The molecular formula is C59H62N3OPt-. The van der Waals surface area contributed by atoms with Crippen LogP contribution in [-0.2, 0) is 31.9 Å². The van der Waals surface area contributed by atoms with Crippen molar-refractivity contribution >= 4 is 11.0 Å². The second-order valence-corrected chi connectivity index (χ2v) is 20.1. The van der Waals surface area contributed by atoms with Gasteiger partial charge in [0.2, 0.25) is 0 Å². The first-order chi connectivity index (χ1) is 30.2. The average Bonchev–Trinajstić information content (AvgIpc) is 3.65. The maximum absolute atomic E-state index is 12.3. The SMILES string of the molecule is [2H]C(C)(C)c1ccc(-n2c(-c3cc(C(C)C)cc(C(C)C)c3O)nc3c(-c4[c-]c(-c5cc(-c6ccccc6)ccn5)cc(C(C)(C)C)c4)cccc32)c(-c2ccc(C(C)(C)C)cc2)c1.[Pt]. The fraction of sp³-hybridized carbons (Fsp3) is 0.288. The van der Waals surface area contributed by atoms with Gasteiger partial charge in [0.05, 0.1) is 22.3 Å². The summed E-state index contributed by atoms with van der Waals surface area (Å²) in [5, 5.41) is 12.3. The second kappa shape index (κ2) is 18.1. The number of pyridine rings is 1. The number of aromatic nitrogens is 3. The Balaban J connectivity index is 0.00000630. The van der Waals surface area contributed by atoms with Crippen LogP contribution in [0.2, 0.25) is 0 Å². The van der Waals surface area contributed by atoms with Gasteiger partial charge >= 0.3 is 0 Å². The standard InChI is InChI=1S/C59H62N3O.Pt/c1-36(2)41-23-26-53(50(32-41)40-21-24-46(25-22-40)58(7,8)9)62-54-20-16-19-48(55(54)61-57(62)51-34-43(37(3)4)33-49(38(5)6)56(51)63)44-29-45(31-47(30-44)59(10,11)12)52-35-42(27-28-60-52)39-17-14-13-15-18-39;/h13-28,30-38,63H,1-12H3;/q-1;/i36D;. The number of phenols is 1. The summed E-state index contributed by atoms with van der Waals surface area (Å²) in [6.07, 6.45) is 1.88. The van der Waals surface area contributed by atoms with Crippen LogP contribution >= 0.6 is 0 Å². The van der Waals surface area contributed by atoms with Gasteiger partial charge in [0.1, 0.15) is 11.6 Å². The van der Waals surface area contributed by atoms with Crippen molar-refractivity contribution in [1.82, 2.24) is 14.5 Å². The van der Waals surface area contributed by atoms with E-state index in [-0.39, 0.29) is 49.5 Å². The van der Waals surface area contributed by atoms with E-state index in [0.717, 1.165) is 78.0 Å². The van der Waals surface area contributed by atoms with E-state index in [9.17, 15) is 5.11 Å². The molecule has 330 valence electrons. The molecule has 0 radical (unpaired) electrons. The Bertz CT molecular complexity index is 3000. The zero-order valence-electron chi connectivity index (χ0n) is 40.5. The predicted octanol–water partition coefficient (Wildman–Crippen LogP) is 16.2. The minimum Gasteiger partial charge on any atom is -0.507 e. The van der Waals surface area contributed by atoms with Gasteiger partial charge in [-0.1, -0.05) is 179 Å². The molecule has 0 aliphatic heterocycles. The smallest absolute Gasteiger partial charge is 0.148 e. The van der Waals surface area contributed by atoms with Gasteiger partial charge in [-0.2, -0.15) is 0 Å². The number of imidazole rings is 1. The molecule has 8 aromatic rings. The summed E-state index contributed by atoms with van der Waals surface area (Å²) in [5.41, 5.74) is 16.4. The molecule has 1 N–H and O–H groups in total. The van der Waals surface area contributed by atoms with Crippen molar-refractivity contribution in [2.75, 3.05) is 0 Å². The molecule has 5 heteroatoms. The molecule has 0 aliphatic carbocycles. The van der Waals surface area contributed by atoms with E-state index in [2.05, 4.69) is 201 Å². The van der Waals surface area contributed by atoms with Gasteiger partial charge in [-0.15, -0.1) is 29.3 Å². The maximum atomic E-state index is 12.3. The third-order valence-electron chi connectivity index (χ3n) is 12.4. The van der Waals surface area contributed by atoms with Crippen LogP contribution in [0.4, 0.5) is 0 Å². The molecule has 8 rings (SSSR count). The fourth-order valence-electron chi connectivity index (χ4n) is 8.46. The van der Waals surface area contributed by atoms with E-state index in [1.54, 1.807) is 0 Å². The van der Waals surface area contributed by atoms with Crippen molar-refractivity contribution in [3.63, 3.8) is 0 Å². The number of rotatable bonds is 9. The number of para-hydroxylation sites is 1. The van der Waals surface area contributed by atoms with Crippen LogP contribution in [0, 0.1) is 6.07 Å². The molecule has 0 aliphatic rings. The van der Waals surface area contributed by atoms with E-state index in [0.29, 0.717) is 11.4 Å². The number of fused-ring (bicyclic) bond motifs is 1. The predicted molar refractivity (Wildman–Crippen MR) is 266 cm³/mol. The molecule has 0 unspecified atom stereocenters. The van der Waals surface area contributed by atoms with Gasteiger partial charge < -0.3 is 5.11 Å². The van der Waals surface area contributed by atoms with Crippen LogP contribution in [0.5, 0.6) is 5.75 Å². The molecule has 0 fully saturated rings. The summed E-state index contributed by atoms with van der Waals surface area (Å²) < 4.78 is 11.3. The van der Waals surface area contributed by atoms with E-state index >= 15 is 0 Å². The molecule has 0 amide bonds. The number of hydrogen-bond acceptors (Lipinski definition) is 3. The van der Waals surface area contributed by atoms with Crippen LogP contribution < -0.4 is 0 Å². The Morgan fingerprint density at radius 3 is 1.91 bits per heavy atom. The second-order valence-electron chi connectivity index (χ2n) is 20.1. The average molecular weight is 1030 g/mol. The first-order valence-corrected chi connectivity index (χ1v) is 22.4. The summed E-state index contributed by atoms with van der Waals surface area (Å²) in [7, 11) is 0. The molecule has 0 saturated carbocycles. The largest absolute Gasteiger partial charge is 0.507 e. The number of aromatic hydroxyl groups is 1. The number of benzene rings is 6. The summed E-state index contributed by atoms with van der Waals surface area (Å²) in [5.74, 6) is 0.374. The molecule has 4 nitrogen and oxygen atoms in total. The summed E-state index contributed by atoms with van der Waals surface area (Å²) in [6.45, 7) is 25.9. The third-order valence-corrected chi connectivity index (χ3v) is 12.4. The van der Waals surface area contributed by atoms with Crippen molar-refractivity contribution in [1.29, 1.82) is 0 Å². The molecule has 0 bridgehead atoms. The maximum Gasteiger partial charge on any atom is 0.148 e. The Labute approximate surface area is 397 Å². The minimum atomic E-state index is -0.831. The zero-order valence-corrected chi connectivity index (χ0v) is 41.7. The Hall–Kier alpha value is -5.57. The van der Waals surface area contributed by atoms with Gasteiger partial charge in [0.15, 0.2) is 0 Å². The summed E-state index contributed by atoms with van der Waals surface area (Å²) >= 11 is 0. The third kappa shape index (κ3) is 9.18. The fourth-order valence-corrected chi connectivity index (χ4v) is 8.46. The van der Waals surface area contributed by atoms with E-state index < -0.39 is 5.89 Å². The number of phenolic OH excluding ortho intramolecular Hbond substituents is 1. The molecule has 2 heterocycles. The van der Waals surface area contributed by atoms with Gasteiger partial charge in [-0.05, 0) is 97.8 Å². The molecular weight excluding hydrogens is 962 g/mol. The molecule has 0 spiro atoms. The molecule has 2 aromatic heterocycles. The topological polar surface area (TPSA) is 50.9 Å². The van der Waals surface area contributed by atoms with Gasteiger partial charge in [-0.25, -0.2) is 4.98 Å². The Morgan fingerprint density at radius 1 is 0.594 bits per heavy atom. The first-order valence-electron chi connectivity index (χ1n) is 22.9. The Kier molecular flexibility index (Phi) is 12.8. The number of nitrogens with zero attached hydrogens (tertiary/aromatic N) is 3. The molecule has 6 aromatic carbocycles. The van der Waals surface area contributed by atoms with Crippen LogP contribution in [0.1, 0.15) is 130 Å². The zero-order chi connectivity index (χ0) is 45.9. The van der Waals surface area contributed by atoms with Crippen molar-refractivity contribution in [3.05, 3.63) is 167 Å². The van der Waals surface area contributed by atoms with Crippen molar-refractivity contribution < 1.29 is 27.5 Å². The normalized spacial score (nSPS) is 12.5. The summed E-state index contributed by atoms with van der Waals surface area (Å²) in [6, 6.07) is 48.8. The number of hydrogen-bond donors (Lipinski definition) is 1. The van der Waals surface area contributed by atoms with Crippen molar-refractivity contribution in [3.8, 4) is 67.5 Å².